The Balaban J connectivity index is 0.00000576. The van der Waals surface area contributed by atoms with Crippen molar-refractivity contribution >= 4 is 39.8 Å². The second-order valence-corrected chi connectivity index (χ2v) is 11.5. The van der Waals surface area contributed by atoms with Crippen LogP contribution in [-0.4, -0.2) is 45.0 Å². The van der Waals surface area contributed by atoms with Crippen LogP contribution in [0, 0.1) is 11.3 Å². The zero-order valence-electron chi connectivity index (χ0n) is 16.8. The monoisotopic (exact) mass is 487 g/mol. The van der Waals surface area contributed by atoms with Crippen molar-refractivity contribution in [1.82, 2.24) is 10.6 Å². The van der Waals surface area contributed by atoms with Gasteiger partial charge in [-0.05, 0) is 51.4 Å². The Morgan fingerprint density at radius 2 is 1.72 bits per heavy atom. The summed E-state index contributed by atoms with van der Waals surface area (Å²) in [6, 6.07) is 0. The lowest BCUT2D eigenvalue weighted by atomic mass is 9.78. The van der Waals surface area contributed by atoms with Gasteiger partial charge in [-0.1, -0.05) is 26.7 Å². The van der Waals surface area contributed by atoms with E-state index in [0.717, 1.165) is 6.54 Å². The van der Waals surface area contributed by atoms with E-state index in [4.69, 9.17) is 0 Å². The highest BCUT2D eigenvalue weighted by Gasteiger charge is 2.34. The SMILES string of the molecule is CN=C(NCCS(=O)(=O)C(C)(C)C)NCC1(CC(C)C)CCCC1.I. The Morgan fingerprint density at radius 3 is 2.16 bits per heavy atom. The molecule has 1 aliphatic rings. The van der Waals surface area contributed by atoms with Gasteiger partial charge in [0.05, 0.1) is 10.5 Å². The molecular formula is C18H38IN3O2S. The Morgan fingerprint density at radius 1 is 1.16 bits per heavy atom. The van der Waals surface area contributed by atoms with Crippen molar-refractivity contribution < 1.29 is 8.42 Å². The Kier molecular flexibility index (Phi) is 10.3. The number of hydrogen-bond acceptors (Lipinski definition) is 3. The highest BCUT2D eigenvalue weighted by atomic mass is 127. The number of nitrogens with zero attached hydrogens (tertiary/aromatic N) is 1. The van der Waals surface area contributed by atoms with Crippen molar-refractivity contribution in [2.75, 3.05) is 25.9 Å². The minimum Gasteiger partial charge on any atom is -0.356 e. The van der Waals surface area contributed by atoms with Crippen LogP contribution in [0.5, 0.6) is 0 Å². The van der Waals surface area contributed by atoms with Gasteiger partial charge < -0.3 is 10.6 Å². The summed E-state index contributed by atoms with van der Waals surface area (Å²) in [4.78, 5) is 4.24. The summed E-state index contributed by atoms with van der Waals surface area (Å²) >= 11 is 0. The lowest BCUT2D eigenvalue weighted by Gasteiger charge is -2.32. The maximum Gasteiger partial charge on any atom is 0.191 e. The van der Waals surface area contributed by atoms with Crippen LogP contribution < -0.4 is 10.6 Å². The van der Waals surface area contributed by atoms with Crippen LogP contribution in [0.3, 0.4) is 0 Å². The second kappa shape index (κ2) is 10.3. The Bertz CT molecular complexity index is 519. The van der Waals surface area contributed by atoms with E-state index in [1.165, 1.54) is 32.1 Å². The molecule has 0 unspecified atom stereocenters. The molecular weight excluding hydrogens is 449 g/mol. The van der Waals surface area contributed by atoms with Crippen LogP contribution in [0.4, 0.5) is 0 Å². The average molecular weight is 487 g/mol. The maximum atomic E-state index is 12.2. The van der Waals surface area contributed by atoms with Crippen molar-refractivity contribution in [3.8, 4) is 0 Å². The summed E-state index contributed by atoms with van der Waals surface area (Å²) in [5.74, 6) is 1.51. The van der Waals surface area contributed by atoms with Gasteiger partial charge in [0.15, 0.2) is 15.8 Å². The molecule has 150 valence electrons. The predicted octanol–water partition coefficient (Wildman–Crippen LogP) is 3.59. The summed E-state index contributed by atoms with van der Waals surface area (Å²) in [6.45, 7) is 11.1. The predicted molar refractivity (Wildman–Crippen MR) is 119 cm³/mol. The van der Waals surface area contributed by atoms with E-state index in [-0.39, 0.29) is 29.7 Å². The fourth-order valence-electron chi connectivity index (χ4n) is 3.55. The largest absolute Gasteiger partial charge is 0.356 e. The molecule has 1 saturated carbocycles. The van der Waals surface area contributed by atoms with E-state index in [9.17, 15) is 8.42 Å². The highest BCUT2D eigenvalue weighted by Crippen LogP contribution is 2.42. The summed E-state index contributed by atoms with van der Waals surface area (Å²) in [6.07, 6.45) is 6.39. The number of rotatable bonds is 7. The molecule has 0 spiro atoms. The fraction of sp³-hybridized carbons (Fsp3) is 0.944. The molecule has 0 aromatic carbocycles. The van der Waals surface area contributed by atoms with Gasteiger partial charge in [-0.2, -0.15) is 0 Å². The maximum absolute atomic E-state index is 12.2. The zero-order chi connectivity index (χ0) is 18.4. The zero-order valence-corrected chi connectivity index (χ0v) is 20.0. The van der Waals surface area contributed by atoms with Crippen molar-refractivity contribution in [1.29, 1.82) is 0 Å². The molecule has 0 radical (unpaired) electrons. The summed E-state index contributed by atoms with van der Waals surface area (Å²) < 4.78 is 23.6. The summed E-state index contributed by atoms with van der Waals surface area (Å²) in [7, 11) is -1.37. The fourth-order valence-corrected chi connectivity index (χ4v) is 4.53. The van der Waals surface area contributed by atoms with E-state index in [1.807, 2.05) is 0 Å². The Hall–Kier alpha value is -0.0500. The molecule has 2 N–H and O–H groups in total. The standard InChI is InChI=1S/C18H37N3O2S.HI/c1-15(2)13-18(9-7-8-10-18)14-21-16(19-6)20-11-12-24(22,23)17(3,4)5;/h15H,7-14H2,1-6H3,(H2,19,20,21);1H. The number of hydrogen-bond donors (Lipinski definition) is 2. The number of sulfone groups is 1. The molecule has 0 heterocycles. The van der Waals surface area contributed by atoms with Gasteiger partial charge in [-0.15, -0.1) is 24.0 Å². The molecule has 0 aromatic rings. The van der Waals surface area contributed by atoms with Crippen molar-refractivity contribution in [2.24, 2.45) is 16.3 Å². The highest BCUT2D eigenvalue weighted by molar-refractivity contribution is 14.0. The molecule has 1 fully saturated rings. The lowest BCUT2D eigenvalue weighted by Crippen LogP contribution is -2.45. The van der Waals surface area contributed by atoms with Gasteiger partial charge in [0, 0.05) is 20.1 Å². The molecule has 5 nitrogen and oxygen atoms in total. The molecule has 7 heteroatoms. The normalized spacial score (nSPS) is 18.1. The minimum atomic E-state index is -3.11. The average Bonchev–Trinajstić information content (AvgIpc) is 2.89. The molecule has 25 heavy (non-hydrogen) atoms. The number of aliphatic imine (C=N–C) groups is 1. The third kappa shape index (κ3) is 8.01. The van der Waals surface area contributed by atoms with Crippen LogP contribution in [0.2, 0.25) is 0 Å². The van der Waals surface area contributed by atoms with Crippen LogP contribution in [0.15, 0.2) is 4.99 Å². The molecule has 0 bridgehead atoms. The molecule has 0 amide bonds. The van der Waals surface area contributed by atoms with Crippen molar-refractivity contribution in [3.05, 3.63) is 0 Å². The Labute approximate surface area is 172 Å². The first kappa shape index (κ1) is 24.9. The van der Waals surface area contributed by atoms with Gasteiger partial charge in [0.25, 0.3) is 0 Å². The summed E-state index contributed by atoms with van der Waals surface area (Å²) in [5.41, 5.74) is 0.364. The van der Waals surface area contributed by atoms with Gasteiger partial charge in [0.1, 0.15) is 0 Å². The first-order chi connectivity index (χ1) is 11.0. The third-order valence-corrected chi connectivity index (χ3v) is 7.56. The smallest absolute Gasteiger partial charge is 0.191 e. The topological polar surface area (TPSA) is 70.6 Å². The first-order valence-corrected chi connectivity index (χ1v) is 10.8. The number of guanidine groups is 1. The van der Waals surface area contributed by atoms with Crippen molar-refractivity contribution in [3.63, 3.8) is 0 Å². The third-order valence-electron chi connectivity index (χ3n) is 4.96. The van der Waals surface area contributed by atoms with Gasteiger partial charge in [-0.3, -0.25) is 4.99 Å². The number of halogens is 1. The van der Waals surface area contributed by atoms with Gasteiger partial charge in [0.2, 0.25) is 0 Å². The molecule has 0 atom stereocenters. The van der Waals surface area contributed by atoms with E-state index >= 15 is 0 Å². The van der Waals surface area contributed by atoms with Crippen LogP contribution in [-0.2, 0) is 9.84 Å². The minimum absolute atomic E-state index is 0. The van der Waals surface area contributed by atoms with Gasteiger partial charge in [-0.25, -0.2) is 8.42 Å². The second-order valence-electron chi connectivity index (χ2n) is 8.59. The quantitative estimate of drug-likeness (QED) is 0.327. The van der Waals surface area contributed by atoms with Crippen LogP contribution >= 0.6 is 24.0 Å². The van der Waals surface area contributed by atoms with Crippen molar-refractivity contribution in [2.45, 2.75) is 71.5 Å². The van der Waals surface area contributed by atoms with Crippen LogP contribution in [0.1, 0.15) is 66.7 Å². The number of nitrogens with one attached hydrogen (secondary N) is 2. The van der Waals surface area contributed by atoms with E-state index in [1.54, 1.807) is 27.8 Å². The van der Waals surface area contributed by atoms with Gasteiger partial charge >= 0.3 is 0 Å². The van der Waals surface area contributed by atoms with Crippen LogP contribution in [0.25, 0.3) is 0 Å². The van der Waals surface area contributed by atoms with E-state index in [0.29, 0.717) is 23.8 Å². The lowest BCUT2D eigenvalue weighted by molar-refractivity contribution is 0.235. The molecule has 0 aliphatic heterocycles. The van der Waals surface area contributed by atoms with E-state index in [2.05, 4.69) is 29.5 Å². The molecule has 0 saturated heterocycles. The first-order valence-electron chi connectivity index (χ1n) is 9.18. The molecule has 1 aliphatic carbocycles. The molecule has 0 aromatic heterocycles. The summed E-state index contributed by atoms with van der Waals surface area (Å²) in [5, 5.41) is 6.58. The molecule has 1 rings (SSSR count). The van der Waals surface area contributed by atoms with E-state index < -0.39 is 14.6 Å².